The van der Waals surface area contributed by atoms with E-state index in [0.29, 0.717) is 22.5 Å². The highest BCUT2D eigenvalue weighted by Gasteiger charge is 2.36. The number of hydrogen-bond acceptors (Lipinski definition) is 4. The van der Waals surface area contributed by atoms with Gasteiger partial charge in [-0.1, -0.05) is 84.4 Å². The second-order valence-electron chi connectivity index (χ2n) is 11.9. The van der Waals surface area contributed by atoms with Gasteiger partial charge in [0.15, 0.2) is 0 Å². The Morgan fingerprint density at radius 1 is 0.907 bits per heavy atom. The van der Waals surface area contributed by atoms with Crippen molar-refractivity contribution in [2.75, 3.05) is 10.8 Å². The number of nitrogens with zero attached hydrogens (tertiary/aromatic N) is 2. The normalized spacial score (nSPS) is 14.5. The van der Waals surface area contributed by atoms with Crippen LogP contribution in [0.1, 0.15) is 44.7 Å². The third-order valence-electron chi connectivity index (χ3n) is 7.50. The van der Waals surface area contributed by atoms with E-state index in [1.807, 2.05) is 87.5 Å². The molecule has 0 bridgehead atoms. The average Bonchev–Trinajstić information content (AvgIpc) is 3.18. The molecule has 9 heteroatoms. The number of carbonyl (C=O) groups is 2. The first-order chi connectivity index (χ1) is 20.5. The monoisotopic (exact) mass is 617 g/mol. The van der Waals surface area contributed by atoms with Gasteiger partial charge >= 0.3 is 0 Å². The van der Waals surface area contributed by atoms with E-state index in [-0.39, 0.29) is 42.6 Å². The minimum atomic E-state index is -3.73. The van der Waals surface area contributed by atoms with Crippen LogP contribution in [0.5, 0.6) is 0 Å². The van der Waals surface area contributed by atoms with E-state index >= 15 is 0 Å². The number of sulfonamides is 1. The smallest absolute Gasteiger partial charge is 0.265 e. The molecule has 1 aliphatic rings. The molecule has 5 rings (SSSR count). The molecule has 0 unspecified atom stereocenters. The molecule has 0 fully saturated rings. The van der Waals surface area contributed by atoms with E-state index in [0.717, 1.165) is 16.5 Å². The Bertz CT molecular complexity index is 1750. The standard InChI is InChI=1S/C34H36ClN3O4S/c1-34(2,3)36-33(40)29(22-24-12-5-4-6-13-24)37(23-26-14-7-8-17-27(26)35)31(39)20-11-21-38-28-18-9-15-25-16-10-19-30(32(25)28)43(38,41)42/h4-10,12-19,29H,11,20-23H2,1-3H3,(H,36,40)/t29-/m0/s1. The summed E-state index contributed by atoms with van der Waals surface area (Å²) in [5, 5.41) is 5.12. The molecule has 0 radical (unpaired) electrons. The molecule has 1 aliphatic heterocycles. The van der Waals surface area contributed by atoms with Crippen molar-refractivity contribution in [3.8, 4) is 0 Å². The minimum Gasteiger partial charge on any atom is -0.350 e. The van der Waals surface area contributed by atoms with Gasteiger partial charge in [-0.05, 0) is 61.9 Å². The molecule has 0 saturated heterocycles. The van der Waals surface area contributed by atoms with E-state index < -0.39 is 21.6 Å². The molecule has 0 aliphatic carbocycles. The van der Waals surface area contributed by atoms with Crippen molar-refractivity contribution in [1.82, 2.24) is 10.2 Å². The highest BCUT2D eigenvalue weighted by Crippen LogP contribution is 2.42. The molecule has 1 atom stereocenters. The third-order valence-corrected chi connectivity index (χ3v) is 9.73. The number of halogens is 1. The first-order valence-corrected chi connectivity index (χ1v) is 16.2. The summed E-state index contributed by atoms with van der Waals surface area (Å²) in [5.41, 5.74) is 1.76. The number of benzene rings is 4. The van der Waals surface area contributed by atoms with E-state index in [2.05, 4.69) is 5.32 Å². The lowest BCUT2D eigenvalue weighted by Gasteiger charge is -2.34. The number of anilines is 1. The second kappa shape index (κ2) is 12.4. The van der Waals surface area contributed by atoms with E-state index in [1.54, 1.807) is 29.2 Å². The van der Waals surface area contributed by atoms with Crippen molar-refractivity contribution < 1.29 is 18.0 Å². The molecule has 43 heavy (non-hydrogen) atoms. The average molecular weight is 618 g/mol. The fraction of sp³-hybridized carbons (Fsp3) is 0.294. The van der Waals surface area contributed by atoms with Crippen LogP contribution >= 0.6 is 11.6 Å². The van der Waals surface area contributed by atoms with E-state index in [1.165, 1.54) is 4.31 Å². The first kappa shape index (κ1) is 30.6. The summed E-state index contributed by atoms with van der Waals surface area (Å²) < 4.78 is 28.3. The second-order valence-corrected chi connectivity index (χ2v) is 14.1. The van der Waals surface area contributed by atoms with Gasteiger partial charge in [0.2, 0.25) is 11.8 Å². The maximum Gasteiger partial charge on any atom is 0.265 e. The van der Waals surface area contributed by atoms with Crippen LogP contribution in [0.2, 0.25) is 5.02 Å². The summed E-state index contributed by atoms with van der Waals surface area (Å²) in [6.45, 7) is 5.99. The molecular formula is C34H36ClN3O4S. The topological polar surface area (TPSA) is 86.8 Å². The van der Waals surface area contributed by atoms with Crippen LogP contribution in [0.25, 0.3) is 10.8 Å². The van der Waals surface area contributed by atoms with E-state index in [9.17, 15) is 18.0 Å². The van der Waals surface area contributed by atoms with Gasteiger partial charge in [0.05, 0.1) is 10.6 Å². The Balaban J connectivity index is 1.41. The van der Waals surface area contributed by atoms with Gasteiger partial charge in [-0.2, -0.15) is 0 Å². The highest BCUT2D eigenvalue weighted by molar-refractivity contribution is 7.93. The van der Waals surface area contributed by atoms with Crippen LogP contribution in [0.15, 0.2) is 95.9 Å². The number of hydrogen-bond donors (Lipinski definition) is 1. The SMILES string of the molecule is CC(C)(C)NC(=O)[C@H](Cc1ccccc1)N(Cc1ccccc1Cl)C(=O)CCCN1c2cccc3cccc(c23)S1(=O)=O. The Morgan fingerprint density at radius 3 is 2.28 bits per heavy atom. The van der Waals surface area contributed by atoms with E-state index in [4.69, 9.17) is 11.6 Å². The lowest BCUT2D eigenvalue weighted by molar-refractivity contribution is -0.142. The zero-order chi connectivity index (χ0) is 30.8. The number of carbonyl (C=O) groups excluding carboxylic acids is 2. The lowest BCUT2D eigenvalue weighted by Crippen LogP contribution is -2.54. The maximum atomic E-state index is 14.0. The Kier molecular flexibility index (Phi) is 8.81. The van der Waals surface area contributed by atoms with Crippen LogP contribution in [0, 0.1) is 0 Å². The zero-order valence-corrected chi connectivity index (χ0v) is 26.2. The van der Waals surface area contributed by atoms with Crippen LogP contribution in [-0.2, 0) is 32.6 Å². The van der Waals surface area contributed by atoms with Gasteiger partial charge in [-0.25, -0.2) is 8.42 Å². The predicted octanol–water partition coefficient (Wildman–Crippen LogP) is 6.34. The molecule has 224 valence electrons. The summed E-state index contributed by atoms with van der Waals surface area (Å²) in [5.74, 6) is -0.516. The Morgan fingerprint density at radius 2 is 1.58 bits per heavy atom. The summed E-state index contributed by atoms with van der Waals surface area (Å²) >= 11 is 6.52. The van der Waals surface area contributed by atoms with Crippen LogP contribution in [0.4, 0.5) is 5.69 Å². The summed E-state index contributed by atoms with van der Waals surface area (Å²) in [4.78, 5) is 29.7. The Hall–Kier alpha value is -3.88. The van der Waals surface area contributed by atoms with Crippen molar-refractivity contribution in [3.05, 3.63) is 107 Å². The fourth-order valence-electron chi connectivity index (χ4n) is 5.53. The van der Waals surface area contributed by atoms with Crippen molar-refractivity contribution in [2.24, 2.45) is 0 Å². The number of amides is 2. The van der Waals surface area contributed by atoms with Crippen LogP contribution < -0.4 is 9.62 Å². The third kappa shape index (κ3) is 6.71. The van der Waals surface area contributed by atoms with Gasteiger partial charge in [0, 0.05) is 41.9 Å². The van der Waals surface area contributed by atoms with Crippen molar-refractivity contribution >= 4 is 49.9 Å². The van der Waals surface area contributed by atoms with Crippen molar-refractivity contribution in [2.45, 2.75) is 63.1 Å². The lowest BCUT2D eigenvalue weighted by atomic mass is 10.00. The molecular weight excluding hydrogens is 582 g/mol. The number of rotatable bonds is 10. The molecule has 2 amide bonds. The van der Waals surface area contributed by atoms with Gasteiger partial charge in [-0.3, -0.25) is 13.9 Å². The van der Waals surface area contributed by atoms with Crippen LogP contribution in [-0.4, -0.2) is 43.3 Å². The van der Waals surface area contributed by atoms with Gasteiger partial charge < -0.3 is 10.2 Å². The maximum absolute atomic E-state index is 14.0. The summed E-state index contributed by atoms with van der Waals surface area (Å²) in [6.07, 6.45) is 0.647. The molecule has 0 saturated carbocycles. The molecule has 0 aromatic heterocycles. The molecule has 1 heterocycles. The minimum absolute atomic E-state index is 0.0525. The molecule has 1 N–H and O–H groups in total. The molecule has 7 nitrogen and oxygen atoms in total. The summed E-state index contributed by atoms with van der Waals surface area (Å²) in [6, 6.07) is 26.9. The van der Waals surface area contributed by atoms with Gasteiger partial charge in [-0.15, -0.1) is 0 Å². The zero-order valence-electron chi connectivity index (χ0n) is 24.6. The molecule has 4 aromatic rings. The van der Waals surface area contributed by atoms with Gasteiger partial charge in [0.25, 0.3) is 10.0 Å². The van der Waals surface area contributed by atoms with Crippen LogP contribution in [0.3, 0.4) is 0 Å². The Labute approximate surface area is 258 Å². The van der Waals surface area contributed by atoms with Gasteiger partial charge in [0.1, 0.15) is 6.04 Å². The fourth-order valence-corrected chi connectivity index (χ4v) is 7.48. The predicted molar refractivity (Wildman–Crippen MR) is 172 cm³/mol. The highest BCUT2D eigenvalue weighted by atomic mass is 35.5. The largest absolute Gasteiger partial charge is 0.350 e. The van der Waals surface area contributed by atoms with Crippen molar-refractivity contribution in [3.63, 3.8) is 0 Å². The first-order valence-electron chi connectivity index (χ1n) is 14.4. The quantitative estimate of drug-likeness (QED) is 0.225. The number of nitrogens with one attached hydrogen (secondary N) is 1. The summed E-state index contributed by atoms with van der Waals surface area (Å²) in [7, 11) is -3.73. The molecule has 4 aromatic carbocycles. The molecule has 0 spiro atoms. The van der Waals surface area contributed by atoms with Crippen molar-refractivity contribution in [1.29, 1.82) is 0 Å².